The number of rotatable bonds is 2. The first-order valence-electron chi connectivity index (χ1n) is 7.85. The maximum absolute atomic E-state index is 5.89. The first kappa shape index (κ1) is 14.1. The Labute approximate surface area is 134 Å². The van der Waals surface area contributed by atoms with Crippen molar-refractivity contribution in [3.8, 4) is 11.5 Å². The van der Waals surface area contributed by atoms with E-state index in [0.717, 1.165) is 48.9 Å². The molecule has 6 nitrogen and oxygen atoms in total. The number of fused-ring (bicyclic) bond motifs is 1. The lowest BCUT2D eigenvalue weighted by Crippen LogP contribution is -2.45. The average molecular weight is 309 g/mol. The molecule has 2 aromatic heterocycles. The molecule has 0 amide bonds. The van der Waals surface area contributed by atoms with Gasteiger partial charge in [-0.05, 0) is 26.1 Å². The predicted molar refractivity (Wildman–Crippen MR) is 89.5 cm³/mol. The summed E-state index contributed by atoms with van der Waals surface area (Å²) in [5.74, 6) is 1.33. The van der Waals surface area contributed by atoms with Gasteiger partial charge in [-0.3, -0.25) is 0 Å². The lowest BCUT2D eigenvalue weighted by molar-refractivity contribution is 0.311. The molecule has 1 aromatic carbocycles. The Hall–Kier alpha value is -2.47. The Kier molecular flexibility index (Phi) is 3.46. The molecule has 0 aliphatic carbocycles. The fraction of sp³-hybridized carbons (Fsp3) is 0.353. The fourth-order valence-electron chi connectivity index (χ4n) is 2.79. The van der Waals surface area contributed by atoms with E-state index >= 15 is 0 Å². The quantitative estimate of drug-likeness (QED) is 0.724. The summed E-state index contributed by atoms with van der Waals surface area (Å²) in [4.78, 5) is 18.3. The van der Waals surface area contributed by atoms with Gasteiger partial charge in [0.25, 0.3) is 5.71 Å². The van der Waals surface area contributed by atoms with Gasteiger partial charge in [-0.1, -0.05) is 18.2 Å². The second-order valence-electron chi connectivity index (χ2n) is 5.94. The smallest absolute Gasteiger partial charge is 0.252 e. The van der Waals surface area contributed by atoms with E-state index in [1.54, 1.807) is 0 Å². The largest absolute Gasteiger partial charge is 0.417 e. The van der Waals surface area contributed by atoms with E-state index in [4.69, 9.17) is 4.42 Å². The molecule has 0 bridgehead atoms. The van der Waals surface area contributed by atoms with E-state index < -0.39 is 0 Å². The van der Waals surface area contributed by atoms with Crippen LogP contribution in [0, 0.1) is 6.92 Å². The number of hydrogen-bond acceptors (Lipinski definition) is 6. The highest BCUT2D eigenvalue weighted by molar-refractivity contribution is 5.76. The molecule has 3 heterocycles. The molecule has 0 radical (unpaired) electrons. The molecule has 6 heteroatoms. The van der Waals surface area contributed by atoms with Crippen LogP contribution in [0.25, 0.3) is 22.7 Å². The molecule has 1 aliphatic rings. The molecule has 23 heavy (non-hydrogen) atoms. The average Bonchev–Trinajstić information content (AvgIpc) is 3.01. The van der Waals surface area contributed by atoms with Crippen LogP contribution in [0.4, 0.5) is 5.95 Å². The zero-order valence-corrected chi connectivity index (χ0v) is 13.4. The van der Waals surface area contributed by atoms with Crippen LogP contribution in [0.3, 0.4) is 0 Å². The Bertz CT molecular complexity index is 822. The number of nitrogens with zero attached hydrogens (tertiary/aromatic N) is 5. The number of benzene rings is 1. The molecule has 0 unspecified atom stereocenters. The minimum atomic E-state index is 0.560. The van der Waals surface area contributed by atoms with Gasteiger partial charge in [0.1, 0.15) is 0 Å². The minimum Gasteiger partial charge on any atom is -0.417 e. The third-order valence-corrected chi connectivity index (χ3v) is 4.23. The van der Waals surface area contributed by atoms with Crippen LogP contribution in [-0.2, 0) is 0 Å². The molecular weight excluding hydrogens is 290 g/mol. The lowest BCUT2D eigenvalue weighted by atomic mass is 10.2. The Balaban J connectivity index is 1.73. The monoisotopic (exact) mass is 309 g/mol. The summed E-state index contributed by atoms with van der Waals surface area (Å²) >= 11 is 0. The third kappa shape index (κ3) is 2.66. The first-order valence-corrected chi connectivity index (χ1v) is 7.85. The highest BCUT2D eigenvalue weighted by Gasteiger charge is 2.20. The number of aromatic nitrogens is 3. The number of hydrogen-bond donors (Lipinski definition) is 0. The summed E-state index contributed by atoms with van der Waals surface area (Å²) in [6, 6.07) is 9.88. The summed E-state index contributed by atoms with van der Waals surface area (Å²) in [5, 5.41) is 0. The summed E-state index contributed by atoms with van der Waals surface area (Å²) < 4.78 is 5.89. The second-order valence-corrected chi connectivity index (χ2v) is 5.94. The van der Waals surface area contributed by atoms with Crippen molar-refractivity contribution in [2.45, 2.75) is 6.92 Å². The van der Waals surface area contributed by atoms with Crippen LogP contribution in [0.2, 0.25) is 0 Å². The van der Waals surface area contributed by atoms with E-state index in [1.165, 1.54) is 0 Å². The summed E-state index contributed by atoms with van der Waals surface area (Å²) in [5.41, 5.74) is 3.10. The molecule has 1 aliphatic heterocycles. The van der Waals surface area contributed by atoms with Gasteiger partial charge >= 0.3 is 0 Å². The van der Waals surface area contributed by atoms with Crippen molar-refractivity contribution in [1.82, 2.24) is 19.9 Å². The zero-order chi connectivity index (χ0) is 15.8. The van der Waals surface area contributed by atoms with Crippen LogP contribution in [0.5, 0.6) is 0 Å². The Morgan fingerprint density at radius 1 is 0.957 bits per heavy atom. The van der Waals surface area contributed by atoms with Crippen molar-refractivity contribution < 1.29 is 4.42 Å². The molecule has 3 aromatic rings. The molecule has 1 saturated heterocycles. The molecule has 0 N–H and O–H groups in total. The number of aryl methyl sites for hydroxylation is 1. The van der Waals surface area contributed by atoms with Crippen LogP contribution >= 0.6 is 0 Å². The van der Waals surface area contributed by atoms with E-state index in [0.29, 0.717) is 11.6 Å². The highest BCUT2D eigenvalue weighted by atomic mass is 16.4. The van der Waals surface area contributed by atoms with Gasteiger partial charge in [-0.2, -0.15) is 4.98 Å². The Morgan fingerprint density at radius 2 is 1.70 bits per heavy atom. The highest BCUT2D eigenvalue weighted by Crippen LogP contribution is 2.26. The minimum absolute atomic E-state index is 0.560. The number of oxazole rings is 1. The van der Waals surface area contributed by atoms with E-state index in [2.05, 4.69) is 31.8 Å². The molecular formula is C17H19N5O. The summed E-state index contributed by atoms with van der Waals surface area (Å²) in [6.07, 6.45) is 0. The van der Waals surface area contributed by atoms with Gasteiger partial charge in [0.2, 0.25) is 11.8 Å². The second kappa shape index (κ2) is 5.62. The lowest BCUT2D eigenvalue weighted by Gasteiger charge is -2.32. The van der Waals surface area contributed by atoms with Crippen molar-refractivity contribution >= 4 is 17.2 Å². The van der Waals surface area contributed by atoms with Gasteiger partial charge < -0.3 is 14.2 Å². The van der Waals surface area contributed by atoms with Crippen molar-refractivity contribution in [3.63, 3.8) is 0 Å². The van der Waals surface area contributed by atoms with Gasteiger partial charge in [0.05, 0.1) is 5.69 Å². The molecule has 1 fully saturated rings. The number of likely N-dealkylation sites (N-methyl/N-ethyl adjacent to an activating group) is 1. The number of anilines is 1. The molecule has 118 valence electrons. The van der Waals surface area contributed by atoms with Crippen LogP contribution in [0.15, 0.2) is 34.7 Å². The molecule has 0 spiro atoms. The predicted octanol–water partition coefficient (Wildman–Crippen LogP) is 2.35. The van der Waals surface area contributed by atoms with Crippen LogP contribution in [0.1, 0.15) is 5.69 Å². The molecule has 4 rings (SSSR count). The maximum atomic E-state index is 5.89. The van der Waals surface area contributed by atoms with Crippen molar-refractivity contribution in [2.24, 2.45) is 0 Å². The van der Waals surface area contributed by atoms with Gasteiger partial charge in [0, 0.05) is 31.7 Å². The van der Waals surface area contributed by atoms with Crippen molar-refractivity contribution in [2.75, 3.05) is 38.1 Å². The molecule has 0 atom stereocenters. The summed E-state index contributed by atoms with van der Waals surface area (Å²) in [6.45, 7) is 5.86. The Morgan fingerprint density at radius 3 is 2.43 bits per heavy atom. The standard InChI is InChI=1S/C17H19N5O/c1-12-14-16(23-15(19-14)13-6-4-3-5-7-13)20-17(18-12)22-10-8-21(2)9-11-22/h3-7H,8-11H2,1-2H3. The van der Waals surface area contributed by atoms with Gasteiger partial charge in [-0.25, -0.2) is 9.97 Å². The van der Waals surface area contributed by atoms with E-state index in [9.17, 15) is 0 Å². The SMILES string of the molecule is Cc1nc(N2CCN(C)CC2)nc2oc(-c3ccccc3)nc12. The normalized spacial score (nSPS) is 16.2. The fourth-order valence-corrected chi connectivity index (χ4v) is 2.79. The van der Waals surface area contributed by atoms with Crippen molar-refractivity contribution in [1.29, 1.82) is 0 Å². The van der Waals surface area contributed by atoms with Crippen LogP contribution < -0.4 is 4.90 Å². The van der Waals surface area contributed by atoms with Gasteiger partial charge in [0.15, 0.2) is 5.52 Å². The van der Waals surface area contributed by atoms with E-state index in [-0.39, 0.29) is 0 Å². The number of piperazine rings is 1. The molecule has 0 saturated carbocycles. The van der Waals surface area contributed by atoms with Crippen LogP contribution in [-0.4, -0.2) is 53.1 Å². The zero-order valence-electron chi connectivity index (χ0n) is 13.4. The topological polar surface area (TPSA) is 58.3 Å². The summed E-state index contributed by atoms with van der Waals surface area (Å²) in [7, 11) is 2.13. The third-order valence-electron chi connectivity index (χ3n) is 4.23. The first-order chi connectivity index (χ1) is 11.2. The maximum Gasteiger partial charge on any atom is 0.252 e. The van der Waals surface area contributed by atoms with Gasteiger partial charge in [-0.15, -0.1) is 0 Å². The van der Waals surface area contributed by atoms with E-state index in [1.807, 2.05) is 37.3 Å². The van der Waals surface area contributed by atoms with Crippen molar-refractivity contribution in [3.05, 3.63) is 36.0 Å².